The minimum Gasteiger partial charge on any atom is -0.380 e. The molecule has 0 saturated carbocycles. The number of nitro groups is 1. The number of hydrogen-bond donors (Lipinski definition) is 2. The molecule has 2 aromatic rings. The standard InChI is InChI=1S/C12H13N3O2/c1-9-2-3-11(15(16)17)6-12(9)14-8-10-4-5-13-7-10/h2-7,13-14H,8H2,1H3. The first-order valence-electron chi connectivity index (χ1n) is 5.27. The molecule has 88 valence electrons. The first-order chi connectivity index (χ1) is 8.16. The van der Waals surface area contributed by atoms with Gasteiger partial charge < -0.3 is 10.3 Å². The summed E-state index contributed by atoms with van der Waals surface area (Å²) in [7, 11) is 0. The van der Waals surface area contributed by atoms with Crippen molar-refractivity contribution in [3.63, 3.8) is 0 Å². The molecule has 0 aliphatic carbocycles. The Morgan fingerprint density at radius 3 is 2.88 bits per heavy atom. The van der Waals surface area contributed by atoms with Crippen LogP contribution >= 0.6 is 0 Å². The van der Waals surface area contributed by atoms with E-state index in [4.69, 9.17) is 0 Å². The number of H-pyrrole nitrogens is 1. The minimum absolute atomic E-state index is 0.104. The largest absolute Gasteiger partial charge is 0.380 e. The van der Waals surface area contributed by atoms with Gasteiger partial charge in [-0.2, -0.15) is 0 Å². The van der Waals surface area contributed by atoms with Gasteiger partial charge in [0.25, 0.3) is 5.69 Å². The highest BCUT2D eigenvalue weighted by molar-refractivity contribution is 5.56. The Hall–Kier alpha value is -2.30. The summed E-state index contributed by atoms with van der Waals surface area (Å²) >= 11 is 0. The second-order valence-corrected chi connectivity index (χ2v) is 3.83. The van der Waals surface area contributed by atoms with Crippen molar-refractivity contribution in [1.29, 1.82) is 0 Å². The van der Waals surface area contributed by atoms with Crippen LogP contribution in [-0.4, -0.2) is 9.91 Å². The molecule has 0 spiro atoms. The van der Waals surface area contributed by atoms with Crippen molar-refractivity contribution >= 4 is 11.4 Å². The van der Waals surface area contributed by atoms with Crippen molar-refractivity contribution in [2.75, 3.05) is 5.32 Å². The molecule has 5 heteroatoms. The highest BCUT2D eigenvalue weighted by Gasteiger charge is 2.08. The van der Waals surface area contributed by atoms with Gasteiger partial charge in [-0.25, -0.2) is 0 Å². The van der Waals surface area contributed by atoms with E-state index >= 15 is 0 Å². The van der Waals surface area contributed by atoms with Crippen LogP contribution in [0.1, 0.15) is 11.1 Å². The Kier molecular flexibility index (Phi) is 3.09. The van der Waals surface area contributed by atoms with Crippen molar-refractivity contribution in [1.82, 2.24) is 4.98 Å². The average Bonchev–Trinajstić information content (AvgIpc) is 2.80. The van der Waals surface area contributed by atoms with Gasteiger partial charge in [0.05, 0.1) is 4.92 Å². The molecule has 2 rings (SSSR count). The summed E-state index contributed by atoms with van der Waals surface area (Å²) in [5, 5.41) is 13.9. The average molecular weight is 231 g/mol. The lowest BCUT2D eigenvalue weighted by atomic mass is 10.1. The number of rotatable bonds is 4. The van der Waals surface area contributed by atoms with Crippen LogP contribution in [-0.2, 0) is 6.54 Å². The van der Waals surface area contributed by atoms with E-state index in [0.717, 1.165) is 16.8 Å². The van der Waals surface area contributed by atoms with Crippen LogP contribution in [0.25, 0.3) is 0 Å². The second kappa shape index (κ2) is 4.69. The summed E-state index contributed by atoms with van der Waals surface area (Å²) in [5.74, 6) is 0. The van der Waals surface area contributed by atoms with Gasteiger partial charge in [-0.1, -0.05) is 6.07 Å². The van der Waals surface area contributed by atoms with E-state index in [-0.39, 0.29) is 10.6 Å². The molecule has 17 heavy (non-hydrogen) atoms. The minimum atomic E-state index is -0.388. The molecule has 0 atom stereocenters. The number of anilines is 1. The Bertz CT molecular complexity index is 521. The summed E-state index contributed by atoms with van der Waals surface area (Å²) in [6.45, 7) is 2.56. The molecule has 0 radical (unpaired) electrons. The lowest BCUT2D eigenvalue weighted by Gasteiger charge is -2.08. The molecule has 0 aliphatic heterocycles. The highest BCUT2D eigenvalue weighted by Crippen LogP contribution is 2.22. The van der Waals surface area contributed by atoms with Crippen LogP contribution in [0.15, 0.2) is 36.7 Å². The molecular formula is C12H13N3O2. The quantitative estimate of drug-likeness (QED) is 0.627. The Balaban J connectivity index is 2.14. The van der Waals surface area contributed by atoms with Crippen LogP contribution in [0.2, 0.25) is 0 Å². The number of non-ortho nitro benzene ring substituents is 1. The maximum Gasteiger partial charge on any atom is 0.271 e. The molecule has 1 aromatic carbocycles. The summed E-state index contributed by atoms with van der Waals surface area (Å²) in [4.78, 5) is 13.2. The number of nitro benzene ring substituents is 1. The van der Waals surface area contributed by atoms with E-state index in [1.165, 1.54) is 6.07 Å². The van der Waals surface area contributed by atoms with Crippen LogP contribution in [0.4, 0.5) is 11.4 Å². The number of nitrogens with zero attached hydrogens (tertiary/aromatic N) is 1. The van der Waals surface area contributed by atoms with E-state index in [9.17, 15) is 10.1 Å². The number of aromatic amines is 1. The third kappa shape index (κ3) is 2.63. The SMILES string of the molecule is Cc1ccc([N+](=O)[O-])cc1NCc1cc[nH]c1. The Morgan fingerprint density at radius 2 is 2.24 bits per heavy atom. The molecule has 1 heterocycles. The normalized spacial score (nSPS) is 10.2. The van der Waals surface area contributed by atoms with Gasteiger partial charge in [0.2, 0.25) is 0 Å². The van der Waals surface area contributed by atoms with Gasteiger partial charge in [-0.05, 0) is 24.1 Å². The topological polar surface area (TPSA) is 71.0 Å². The summed E-state index contributed by atoms with van der Waals surface area (Å²) < 4.78 is 0. The zero-order valence-corrected chi connectivity index (χ0v) is 9.43. The first-order valence-corrected chi connectivity index (χ1v) is 5.27. The van der Waals surface area contributed by atoms with E-state index in [1.54, 1.807) is 12.1 Å². The maximum atomic E-state index is 10.7. The molecular weight excluding hydrogens is 218 g/mol. The van der Waals surface area contributed by atoms with E-state index in [2.05, 4.69) is 10.3 Å². The van der Waals surface area contributed by atoms with Crippen molar-refractivity contribution < 1.29 is 4.92 Å². The molecule has 0 fully saturated rings. The third-order valence-corrected chi connectivity index (χ3v) is 2.58. The predicted octanol–water partition coefficient (Wildman–Crippen LogP) is 2.84. The number of aryl methyl sites for hydroxylation is 1. The van der Waals surface area contributed by atoms with Crippen molar-refractivity contribution in [3.05, 3.63) is 57.9 Å². The van der Waals surface area contributed by atoms with Gasteiger partial charge in [0, 0.05) is 36.8 Å². The van der Waals surface area contributed by atoms with Crippen LogP contribution < -0.4 is 5.32 Å². The van der Waals surface area contributed by atoms with Crippen LogP contribution in [0.3, 0.4) is 0 Å². The molecule has 0 aliphatic rings. The lowest BCUT2D eigenvalue weighted by molar-refractivity contribution is -0.384. The molecule has 0 saturated heterocycles. The summed E-state index contributed by atoms with van der Waals surface area (Å²) in [6.07, 6.45) is 3.73. The van der Waals surface area contributed by atoms with Gasteiger partial charge in [-0.3, -0.25) is 10.1 Å². The predicted molar refractivity (Wildman–Crippen MR) is 66.0 cm³/mol. The summed E-state index contributed by atoms with van der Waals surface area (Å²) in [5.41, 5.74) is 3.00. The highest BCUT2D eigenvalue weighted by atomic mass is 16.6. The maximum absolute atomic E-state index is 10.7. The van der Waals surface area contributed by atoms with Gasteiger partial charge >= 0.3 is 0 Å². The third-order valence-electron chi connectivity index (χ3n) is 2.58. The Morgan fingerprint density at radius 1 is 1.41 bits per heavy atom. The van der Waals surface area contributed by atoms with Crippen molar-refractivity contribution in [2.24, 2.45) is 0 Å². The molecule has 0 amide bonds. The molecule has 1 aromatic heterocycles. The second-order valence-electron chi connectivity index (χ2n) is 3.83. The van der Waals surface area contributed by atoms with Crippen molar-refractivity contribution in [2.45, 2.75) is 13.5 Å². The lowest BCUT2D eigenvalue weighted by Crippen LogP contribution is -2.01. The first kappa shape index (κ1) is 11.2. The van der Waals surface area contributed by atoms with Gasteiger partial charge in [0.15, 0.2) is 0 Å². The number of aromatic nitrogens is 1. The van der Waals surface area contributed by atoms with Crippen molar-refractivity contribution in [3.8, 4) is 0 Å². The number of benzene rings is 1. The fourth-order valence-corrected chi connectivity index (χ4v) is 1.58. The summed E-state index contributed by atoms with van der Waals surface area (Å²) in [6, 6.07) is 6.77. The van der Waals surface area contributed by atoms with E-state index < -0.39 is 0 Å². The monoisotopic (exact) mass is 231 g/mol. The number of hydrogen-bond acceptors (Lipinski definition) is 3. The fraction of sp³-hybridized carbons (Fsp3) is 0.167. The molecule has 0 unspecified atom stereocenters. The molecule has 5 nitrogen and oxygen atoms in total. The van der Waals surface area contributed by atoms with E-state index in [0.29, 0.717) is 6.54 Å². The van der Waals surface area contributed by atoms with Crippen LogP contribution in [0.5, 0.6) is 0 Å². The fourth-order valence-electron chi connectivity index (χ4n) is 1.58. The zero-order valence-electron chi connectivity index (χ0n) is 9.43. The van der Waals surface area contributed by atoms with Gasteiger partial charge in [-0.15, -0.1) is 0 Å². The van der Waals surface area contributed by atoms with Gasteiger partial charge in [0.1, 0.15) is 0 Å². The van der Waals surface area contributed by atoms with E-state index in [1.807, 2.05) is 25.4 Å². The Labute approximate surface area is 98.6 Å². The zero-order chi connectivity index (χ0) is 12.3. The molecule has 0 bridgehead atoms. The molecule has 2 N–H and O–H groups in total. The smallest absolute Gasteiger partial charge is 0.271 e. The van der Waals surface area contributed by atoms with Crippen LogP contribution in [0, 0.1) is 17.0 Å². The number of nitrogens with one attached hydrogen (secondary N) is 2.